The summed E-state index contributed by atoms with van der Waals surface area (Å²) in [5, 5.41) is 5.70. The summed E-state index contributed by atoms with van der Waals surface area (Å²) in [6, 6.07) is 3.94. The topological polar surface area (TPSA) is 63.5 Å². The van der Waals surface area contributed by atoms with Crippen molar-refractivity contribution in [2.45, 2.75) is 13.0 Å². The van der Waals surface area contributed by atoms with Gasteiger partial charge in [-0.2, -0.15) is 0 Å². The van der Waals surface area contributed by atoms with Gasteiger partial charge in [0.15, 0.2) is 0 Å². The molecule has 16 heavy (non-hydrogen) atoms. The third-order valence-electron chi connectivity index (χ3n) is 2.54. The fourth-order valence-corrected chi connectivity index (χ4v) is 1.75. The highest BCUT2D eigenvalue weighted by atomic mass is 16.6. The lowest BCUT2D eigenvalue weighted by molar-refractivity contribution is 0.101. The van der Waals surface area contributed by atoms with Crippen LogP contribution in [0.2, 0.25) is 0 Å². The van der Waals surface area contributed by atoms with E-state index in [4.69, 9.17) is 9.15 Å². The summed E-state index contributed by atoms with van der Waals surface area (Å²) in [6.45, 7) is 1.85. The van der Waals surface area contributed by atoms with Gasteiger partial charge in [0, 0.05) is 18.9 Å². The van der Waals surface area contributed by atoms with Crippen molar-refractivity contribution in [3.05, 3.63) is 23.7 Å². The molecule has 2 N–H and O–H groups in total. The largest absolute Gasteiger partial charge is 0.465 e. The zero-order chi connectivity index (χ0) is 11.4. The number of alkyl carbamates (subject to hydrolysis) is 1. The van der Waals surface area contributed by atoms with Gasteiger partial charge in [0.2, 0.25) is 0 Å². The predicted octanol–water partition coefficient (Wildman–Crippen LogP) is 0.897. The van der Waals surface area contributed by atoms with E-state index >= 15 is 0 Å². The van der Waals surface area contributed by atoms with Gasteiger partial charge in [-0.05, 0) is 19.2 Å². The maximum atomic E-state index is 10.8. The zero-order valence-corrected chi connectivity index (χ0v) is 9.29. The third kappa shape index (κ3) is 2.76. The number of carbonyl (C=O) groups is 1. The Labute approximate surface area is 94.1 Å². The third-order valence-corrected chi connectivity index (χ3v) is 2.54. The molecule has 1 saturated heterocycles. The second-order valence-corrected chi connectivity index (χ2v) is 3.95. The first-order valence-electron chi connectivity index (χ1n) is 5.40. The molecule has 0 aromatic carbocycles. The fourth-order valence-electron chi connectivity index (χ4n) is 1.75. The molecule has 1 fully saturated rings. The van der Waals surface area contributed by atoms with Gasteiger partial charge in [-0.1, -0.05) is 0 Å². The van der Waals surface area contributed by atoms with Gasteiger partial charge in [-0.25, -0.2) is 4.79 Å². The molecular weight excluding hydrogens is 208 g/mol. The Hall–Kier alpha value is -1.49. The molecule has 0 aliphatic carbocycles. The zero-order valence-electron chi connectivity index (χ0n) is 9.29. The Bertz CT molecular complexity index is 352. The van der Waals surface area contributed by atoms with E-state index in [0.717, 1.165) is 24.5 Å². The molecule has 2 heterocycles. The van der Waals surface area contributed by atoms with E-state index < -0.39 is 0 Å². The van der Waals surface area contributed by atoms with Gasteiger partial charge in [0.05, 0.1) is 13.2 Å². The Balaban J connectivity index is 1.86. The number of ether oxygens (including phenoxy) is 1. The van der Waals surface area contributed by atoms with Crippen molar-refractivity contribution in [2.24, 2.45) is 5.92 Å². The first kappa shape index (κ1) is 11.0. The summed E-state index contributed by atoms with van der Waals surface area (Å²) in [7, 11) is 1.88. The Morgan fingerprint density at radius 3 is 3.00 bits per heavy atom. The molecule has 0 bridgehead atoms. The highest BCUT2D eigenvalue weighted by Gasteiger charge is 2.20. The van der Waals surface area contributed by atoms with Gasteiger partial charge in [0.25, 0.3) is 0 Å². The summed E-state index contributed by atoms with van der Waals surface area (Å²) >= 11 is 0. The number of amides is 1. The quantitative estimate of drug-likeness (QED) is 0.797. The molecule has 1 amide bonds. The van der Waals surface area contributed by atoms with E-state index in [1.165, 1.54) is 0 Å². The molecule has 1 aromatic heterocycles. The normalized spacial score (nSPS) is 20.3. The van der Waals surface area contributed by atoms with Crippen LogP contribution in [0.1, 0.15) is 11.5 Å². The van der Waals surface area contributed by atoms with Crippen LogP contribution in [-0.4, -0.2) is 26.3 Å². The van der Waals surface area contributed by atoms with Crippen molar-refractivity contribution in [1.82, 2.24) is 10.6 Å². The number of hydrogen-bond acceptors (Lipinski definition) is 4. The Morgan fingerprint density at radius 2 is 2.31 bits per heavy atom. The van der Waals surface area contributed by atoms with Gasteiger partial charge < -0.3 is 19.8 Å². The number of carbonyl (C=O) groups excluding carboxylic acids is 1. The highest BCUT2D eigenvalue weighted by molar-refractivity contribution is 5.67. The summed E-state index contributed by atoms with van der Waals surface area (Å²) in [4.78, 5) is 10.8. The van der Waals surface area contributed by atoms with E-state index in [1.807, 2.05) is 19.2 Å². The molecule has 1 aliphatic heterocycles. The van der Waals surface area contributed by atoms with Crippen LogP contribution >= 0.6 is 0 Å². The van der Waals surface area contributed by atoms with E-state index in [1.54, 1.807) is 0 Å². The van der Waals surface area contributed by atoms with E-state index in [-0.39, 0.29) is 6.09 Å². The van der Waals surface area contributed by atoms with E-state index in [0.29, 0.717) is 19.1 Å². The molecule has 5 nitrogen and oxygen atoms in total. The second kappa shape index (κ2) is 5.03. The van der Waals surface area contributed by atoms with Crippen LogP contribution in [0.15, 0.2) is 16.5 Å². The number of cyclic esters (lactones) is 1. The molecule has 1 aromatic rings. The minimum Gasteiger partial charge on any atom is -0.465 e. The van der Waals surface area contributed by atoms with Gasteiger partial charge >= 0.3 is 6.09 Å². The van der Waals surface area contributed by atoms with Crippen molar-refractivity contribution in [3.8, 4) is 0 Å². The van der Waals surface area contributed by atoms with Crippen LogP contribution in [0.5, 0.6) is 0 Å². The smallest absolute Gasteiger partial charge is 0.407 e. The molecule has 0 unspecified atom stereocenters. The molecule has 5 heteroatoms. The maximum Gasteiger partial charge on any atom is 0.407 e. The molecular formula is C11H16N2O3. The van der Waals surface area contributed by atoms with E-state index in [2.05, 4.69) is 10.6 Å². The Morgan fingerprint density at radius 1 is 1.50 bits per heavy atom. The molecule has 0 radical (unpaired) electrons. The van der Waals surface area contributed by atoms with Crippen LogP contribution in [0.3, 0.4) is 0 Å². The number of hydrogen-bond donors (Lipinski definition) is 2. The van der Waals surface area contributed by atoms with Crippen LogP contribution in [0.4, 0.5) is 4.79 Å². The standard InChI is InChI=1S/C11H16N2O3/c1-12-6-10-3-2-9(16-10)4-8-5-13-11(14)15-7-8/h2-3,8,12H,4-7H2,1H3,(H,13,14)/t8-/m0/s1. The molecule has 1 atom stereocenters. The number of furan rings is 1. The molecule has 2 rings (SSSR count). The van der Waals surface area contributed by atoms with Gasteiger partial charge in [0.1, 0.15) is 11.5 Å². The average Bonchev–Trinajstić information content (AvgIpc) is 2.70. The summed E-state index contributed by atoms with van der Waals surface area (Å²) < 4.78 is 10.5. The lowest BCUT2D eigenvalue weighted by Gasteiger charge is -2.21. The van der Waals surface area contributed by atoms with Crippen molar-refractivity contribution < 1.29 is 13.9 Å². The molecule has 1 aliphatic rings. The van der Waals surface area contributed by atoms with Crippen LogP contribution in [0.25, 0.3) is 0 Å². The minimum absolute atomic E-state index is 0.297. The lowest BCUT2D eigenvalue weighted by Crippen LogP contribution is -2.39. The predicted molar refractivity (Wildman–Crippen MR) is 58.0 cm³/mol. The molecule has 88 valence electrons. The monoisotopic (exact) mass is 224 g/mol. The second-order valence-electron chi connectivity index (χ2n) is 3.95. The van der Waals surface area contributed by atoms with E-state index in [9.17, 15) is 4.79 Å². The van der Waals surface area contributed by atoms with Gasteiger partial charge in [-0.15, -0.1) is 0 Å². The van der Waals surface area contributed by atoms with Crippen LogP contribution in [-0.2, 0) is 17.7 Å². The first-order chi connectivity index (χ1) is 7.78. The SMILES string of the molecule is CNCc1ccc(C[C@H]2CNC(=O)OC2)o1. The van der Waals surface area contributed by atoms with Crippen molar-refractivity contribution in [3.63, 3.8) is 0 Å². The lowest BCUT2D eigenvalue weighted by atomic mass is 10.0. The van der Waals surface area contributed by atoms with Gasteiger partial charge in [-0.3, -0.25) is 0 Å². The maximum absolute atomic E-state index is 10.8. The van der Waals surface area contributed by atoms with Crippen molar-refractivity contribution >= 4 is 6.09 Å². The summed E-state index contributed by atoms with van der Waals surface area (Å²) in [5.74, 6) is 2.17. The fraction of sp³-hybridized carbons (Fsp3) is 0.545. The Kier molecular flexibility index (Phi) is 3.46. The highest BCUT2D eigenvalue weighted by Crippen LogP contribution is 2.14. The summed E-state index contributed by atoms with van der Waals surface area (Å²) in [6.07, 6.45) is 0.468. The average molecular weight is 224 g/mol. The number of nitrogens with one attached hydrogen (secondary N) is 2. The first-order valence-corrected chi connectivity index (χ1v) is 5.40. The van der Waals surface area contributed by atoms with Crippen molar-refractivity contribution in [2.75, 3.05) is 20.2 Å². The molecule has 0 saturated carbocycles. The number of rotatable bonds is 4. The molecule has 0 spiro atoms. The van der Waals surface area contributed by atoms with Crippen LogP contribution < -0.4 is 10.6 Å². The minimum atomic E-state index is -0.327. The summed E-state index contributed by atoms with van der Waals surface area (Å²) in [5.41, 5.74) is 0. The van der Waals surface area contributed by atoms with Crippen molar-refractivity contribution in [1.29, 1.82) is 0 Å². The van der Waals surface area contributed by atoms with Crippen LogP contribution in [0, 0.1) is 5.92 Å².